The molecule has 9 heteroatoms. The highest BCUT2D eigenvalue weighted by molar-refractivity contribution is 5.70. The molecule has 0 spiro atoms. The average Bonchev–Trinajstić information content (AvgIpc) is 3.40. The molecule has 0 amide bonds. The van der Waals surface area contributed by atoms with Crippen LogP contribution in [0.1, 0.15) is 296 Å². The van der Waals surface area contributed by atoms with E-state index in [2.05, 4.69) is 74.6 Å². The van der Waals surface area contributed by atoms with Crippen LogP contribution in [0.2, 0.25) is 0 Å². The molecule has 0 saturated heterocycles. The Morgan fingerprint density at radius 1 is 0.403 bits per heavy atom. The molecular formula is C68H123NO8. The lowest BCUT2D eigenvalue weighted by Gasteiger charge is -2.26. The number of allylic oxidation sites excluding steroid dienone is 10. The number of unbranched alkanes of at least 4 members (excludes halogenated alkanes) is 35. The summed E-state index contributed by atoms with van der Waals surface area (Å²) in [5.74, 6) is -2.30. The number of hydrogen-bond acceptors (Lipinski definition) is 8. The van der Waals surface area contributed by atoms with Gasteiger partial charge in [-0.25, -0.2) is 0 Å². The lowest BCUT2D eigenvalue weighted by Crippen LogP contribution is -2.44. The van der Waals surface area contributed by atoms with Gasteiger partial charge in [0.2, 0.25) is 0 Å². The van der Waals surface area contributed by atoms with E-state index in [0.29, 0.717) is 23.9 Å². The highest BCUT2D eigenvalue weighted by Gasteiger charge is 2.22. The second-order valence-corrected chi connectivity index (χ2v) is 23.0. The molecule has 2 unspecified atom stereocenters. The Hall–Kier alpha value is -3.01. The normalized spacial score (nSPS) is 13.1. The molecule has 0 aromatic carbocycles. The fraction of sp³-hybridized carbons (Fsp3) is 0.809. The molecule has 0 heterocycles. The summed E-state index contributed by atoms with van der Waals surface area (Å²) < 4.78 is 22.7. The first-order valence-corrected chi connectivity index (χ1v) is 32.4. The van der Waals surface area contributed by atoms with Gasteiger partial charge in [-0.05, 0) is 77.0 Å². The first kappa shape index (κ1) is 74.0. The molecule has 0 aliphatic rings. The van der Waals surface area contributed by atoms with Crippen molar-refractivity contribution >= 4 is 17.9 Å². The minimum atomic E-state index is -1.63. The van der Waals surface area contributed by atoms with E-state index in [4.69, 9.17) is 18.9 Å². The number of carboxylic acids is 1. The van der Waals surface area contributed by atoms with Gasteiger partial charge in [-0.3, -0.25) is 9.59 Å². The van der Waals surface area contributed by atoms with Crippen LogP contribution < -0.4 is 5.11 Å². The molecule has 0 aliphatic carbocycles. The summed E-state index contributed by atoms with van der Waals surface area (Å²) in [6, 6.07) is 0. The van der Waals surface area contributed by atoms with Crippen LogP contribution in [0, 0.1) is 0 Å². The van der Waals surface area contributed by atoms with Crippen LogP contribution in [0.15, 0.2) is 60.8 Å². The molecular weight excluding hydrogens is 959 g/mol. The van der Waals surface area contributed by atoms with Crippen LogP contribution in [0.4, 0.5) is 0 Å². The van der Waals surface area contributed by atoms with E-state index in [-0.39, 0.29) is 32.2 Å². The third kappa shape index (κ3) is 60.5. The van der Waals surface area contributed by atoms with E-state index < -0.39 is 24.3 Å². The molecule has 0 fully saturated rings. The standard InChI is InChI=1S/C68H123NO8/c1-6-8-10-12-14-16-18-20-22-23-24-25-26-27-28-29-30-31-32-33-34-35-36-37-38-39-40-41-42-43-45-46-48-50-52-54-56-58-65(70)75-62-64(63-76-68(67(72)73)74-61-60-69(3,4)5)77-66(71)59-57-55-53-51-49-47-44-21-19-17-15-13-11-9-7-2/h9,11,15,17-18,20-21,23-24,44,64,68H,6-8,10,12-14,16,19,22,25-43,45-63H2,1-5H3/b11-9-,17-15-,20-18-,24-23-,44-21-. The van der Waals surface area contributed by atoms with Crippen LogP contribution in [0.3, 0.4) is 0 Å². The topological polar surface area (TPSA) is 111 Å². The summed E-state index contributed by atoms with van der Waals surface area (Å²) in [5.41, 5.74) is 0. The van der Waals surface area contributed by atoms with Gasteiger partial charge >= 0.3 is 11.9 Å². The van der Waals surface area contributed by atoms with Crippen LogP contribution in [-0.4, -0.2) is 82.3 Å². The molecule has 0 aliphatic heterocycles. The maximum atomic E-state index is 12.8. The van der Waals surface area contributed by atoms with E-state index in [1.165, 1.54) is 186 Å². The number of carbonyl (C=O) groups excluding carboxylic acids is 3. The van der Waals surface area contributed by atoms with Gasteiger partial charge < -0.3 is 33.3 Å². The van der Waals surface area contributed by atoms with E-state index in [1.54, 1.807) is 0 Å². The lowest BCUT2D eigenvalue weighted by molar-refractivity contribution is -0.870. The van der Waals surface area contributed by atoms with Gasteiger partial charge in [-0.1, -0.05) is 267 Å². The molecule has 448 valence electrons. The van der Waals surface area contributed by atoms with E-state index in [9.17, 15) is 19.5 Å². The number of carboxylic acid groups (broad SMARTS) is 1. The summed E-state index contributed by atoms with van der Waals surface area (Å²) in [5, 5.41) is 11.8. The Morgan fingerprint density at radius 3 is 1.10 bits per heavy atom. The Morgan fingerprint density at radius 2 is 0.740 bits per heavy atom. The second-order valence-electron chi connectivity index (χ2n) is 23.0. The van der Waals surface area contributed by atoms with Gasteiger partial charge in [-0.15, -0.1) is 0 Å². The smallest absolute Gasteiger partial charge is 0.306 e. The number of hydrogen-bond donors (Lipinski definition) is 0. The largest absolute Gasteiger partial charge is 0.545 e. The van der Waals surface area contributed by atoms with E-state index in [0.717, 1.165) is 77.0 Å². The van der Waals surface area contributed by atoms with Crippen LogP contribution >= 0.6 is 0 Å². The zero-order valence-corrected chi connectivity index (χ0v) is 51.1. The third-order valence-electron chi connectivity index (χ3n) is 14.2. The molecule has 9 nitrogen and oxygen atoms in total. The third-order valence-corrected chi connectivity index (χ3v) is 14.2. The van der Waals surface area contributed by atoms with Gasteiger partial charge in [-0.2, -0.15) is 0 Å². The molecule has 0 saturated carbocycles. The molecule has 0 aromatic rings. The van der Waals surface area contributed by atoms with Crippen molar-refractivity contribution in [2.45, 2.75) is 309 Å². The van der Waals surface area contributed by atoms with E-state index in [1.807, 2.05) is 21.1 Å². The monoisotopic (exact) mass is 1080 g/mol. The predicted molar refractivity (Wildman–Crippen MR) is 325 cm³/mol. The molecule has 0 N–H and O–H groups in total. The lowest BCUT2D eigenvalue weighted by atomic mass is 10.0. The number of likely N-dealkylation sites (N-methyl/N-ethyl adjacent to an activating group) is 1. The Kier molecular flexibility index (Phi) is 56.8. The highest BCUT2D eigenvalue weighted by Crippen LogP contribution is 2.18. The Labute approximate surface area is 475 Å². The first-order valence-electron chi connectivity index (χ1n) is 32.4. The van der Waals surface area contributed by atoms with Crippen molar-refractivity contribution in [3.63, 3.8) is 0 Å². The summed E-state index contributed by atoms with van der Waals surface area (Å²) >= 11 is 0. The Balaban J connectivity index is 3.97. The molecule has 77 heavy (non-hydrogen) atoms. The summed E-state index contributed by atoms with van der Waals surface area (Å²) in [6.45, 7) is 4.63. The minimum Gasteiger partial charge on any atom is -0.545 e. The van der Waals surface area contributed by atoms with Crippen LogP contribution in [-0.2, 0) is 33.3 Å². The highest BCUT2D eigenvalue weighted by atomic mass is 16.7. The minimum absolute atomic E-state index is 0.144. The van der Waals surface area contributed by atoms with Crippen molar-refractivity contribution in [1.29, 1.82) is 0 Å². The van der Waals surface area contributed by atoms with Gasteiger partial charge in [0.15, 0.2) is 12.4 Å². The second kappa shape index (κ2) is 59.1. The first-order chi connectivity index (χ1) is 37.6. The number of nitrogens with zero attached hydrogens (tertiary/aromatic N) is 1. The van der Waals surface area contributed by atoms with Crippen molar-refractivity contribution < 1.29 is 42.9 Å². The van der Waals surface area contributed by atoms with Crippen LogP contribution in [0.5, 0.6) is 0 Å². The molecule has 2 atom stereocenters. The SMILES string of the molecule is CC/C=C\C/C=C\C/C=C\CCCCCCCC(=O)OC(COC(=O)CCCCCCCCCCCCCCCCCCCCCCCCCCC/C=C\C/C=C\CCCCCCC)COC(OCC[N+](C)(C)C)C(=O)[O-]. The van der Waals surface area contributed by atoms with Gasteiger partial charge in [0.1, 0.15) is 13.2 Å². The van der Waals surface area contributed by atoms with E-state index >= 15 is 0 Å². The Bertz CT molecular complexity index is 1450. The van der Waals surface area contributed by atoms with Crippen molar-refractivity contribution in [1.82, 2.24) is 0 Å². The van der Waals surface area contributed by atoms with Crippen molar-refractivity contribution in [3.8, 4) is 0 Å². The number of aliphatic carboxylic acids is 1. The van der Waals surface area contributed by atoms with Crippen molar-refractivity contribution in [2.75, 3.05) is 47.5 Å². The summed E-state index contributed by atoms with van der Waals surface area (Å²) in [4.78, 5) is 37.3. The molecule has 0 bridgehead atoms. The zero-order chi connectivity index (χ0) is 56.2. The maximum absolute atomic E-state index is 12.8. The van der Waals surface area contributed by atoms with Crippen molar-refractivity contribution in [3.05, 3.63) is 60.8 Å². The number of rotatable bonds is 60. The summed E-state index contributed by atoms with van der Waals surface area (Å²) in [6.07, 6.45) is 73.2. The fourth-order valence-electron chi connectivity index (χ4n) is 9.29. The van der Waals surface area contributed by atoms with Gasteiger partial charge in [0.05, 0.1) is 40.3 Å². The van der Waals surface area contributed by atoms with Crippen molar-refractivity contribution in [2.24, 2.45) is 0 Å². The quantitative estimate of drug-likeness (QED) is 0.0195. The van der Waals surface area contributed by atoms with Gasteiger partial charge in [0, 0.05) is 12.8 Å². The average molecular weight is 1080 g/mol. The number of esters is 2. The number of carbonyl (C=O) groups is 3. The van der Waals surface area contributed by atoms with Crippen LogP contribution in [0.25, 0.3) is 0 Å². The molecule has 0 aromatic heterocycles. The summed E-state index contributed by atoms with van der Waals surface area (Å²) in [7, 11) is 5.92. The fourth-order valence-corrected chi connectivity index (χ4v) is 9.29. The van der Waals surface area contributed by atoms with Gasteiger partial charge in [0.25, 0.3) is 0 Å². The zero-order valence-electron chi connectivity index (χ0n) is 51.1. The molecule has 0 radical (unpaired) electrons. The maximum Gasteiger partial charge on any atom is 0.306 e. The number of quaternary nitrogens is 1. The molecule has 0 rings (SSSR count). The predicted octanol–water partition coefficient (Wildman–Crippen LogP) is 18.2. The number of ether oxygens (including phenoxy) is 4.